The van der Waals surface area contributed by atoms with Gasteiger partial charge in [-0.2, -0.15) is 5.10 Å². The minimum absolute atomic E-state index is 0.134. The molecule has 31 heavy (non-hydrogen) atoms. The Hall–Kier alpha value is -2.83. The van der Waals surface area contributed by atoms with Crippen LogP contribution in [0.25, 0.3) is 10.9 Å². The van der Waals surface area contributed by atoms with Crippen LogP contribution in [0.4, 0.5) is 0 Å². The van der Waals surface area contributed by atoms with Gasteiger partial charge in [0.15, 0.2) is 6.23 Å². The first-order valence-electron chi connectivity index (χ1n) is 10.7. The molecule has 0 radical (unpaired) electrons. The monoisotopic (exact) mass is 421 g/mol. The number of aliphatic hydroxyl groups is 1. The maximum atomic E-state index is 10.6. The van der Waals surface area contributed by atoms with E-state index < -0.39 is 6.23 Å². The van der Waals surface area contributed by atoms with Gasteiger partial charge in [-0.15, -0.1) is 0 Å². The summed E-state index contributed by atoms with van der Waals surface area (Å²) in [6, 6.07) is 12.6. The Morgan fingerprint density at radius 1 is 1.29 bits per heavy atom. The van der Waals surface area contributed by atoms with E-state index in [0.717, 1.165) is 42.0 Å². The van der Waals surface area contributed by atoms with Gasteiger partial charge in [-0.25, -0.2) is 0 Å². The lowest BCUT2D eigenvalue weighted by molar-refractivity contribution is -0.0114. The summed E-state index contributed by atoms with van der Waals surface area (Å²) in [7, 11) is 3.77. The minimum atomic E-state index is -0.858. The summed E-state index contributed by atoms with van der Waals surface area (Å²) in [4.78, 5) is 0. The average molecular weight is 422 g/mol. The molecule has 4 rings (SSSR count). The smallest absolute Gasteiger partial charge is 0.176 e. The number of nitrogens with zero attached hydrogens (tertiary/aromatic N) is 3. The third kappa shape index (κ3) is 4.75. The highest BCUT2D eigenvalue weighted by Crippen LogP contribution is 2.36. The molecule has 1 fully saturated rings. The van der Waals surface area contributed by atoms with Gasteiger partial charge in [-0.3, -0.25) is 5.01 Å². The molecule has 6 heteroatoms. The SMILES string of the molecule is Cc1cc(C)c(OCC(O)N(C)/N=C/c2ccc3ccn(C)c3c2)c(C2CCOC2)c1. The zero-order chi connectivity index (χ0) is 22.0. The summed E-state index contributed by atoms with van der Waals surface area (Å²) in [5, 5.41) is 17.7. The molecule has 1 aliphatic heterocycles. The molecule has 0 aliphatic carbocycles. The van der Waals surface area contributed by atoms with Crippen LogP contribution in [0.3, 0.4) is 0 Å². The predicted octanol–water partition coefficient (Wildman–Crippen LogP) is 3.96. The van der Waals surface area contributed by atoms with Gasteiger partial charge in [0.1, 0.15) is 12.4 Å². The Bertz CT molecular complexity index is 1080. The third-order valence-electron chi connectivity index (χ3n) is 5.93. The van der Waals surface area contributed by atoms with E-state index in [1.54, 1.807) is 13.3 Å². The van der Waals surface area contributed by atoms with Crippen molar-refractivity contribution in [3.8, 4) is 5.75 Å². The summed E-state index contributed by atoms with van der Waals surface area (Å²) in [5.74, 6) is 1.20. The van der Waals surface area contributed by atoms with Gasteiger partial charge < -0.3 is 19.1 Å². The van der Waals surface area contributed by atoms with Crippen molar-refractivity contribution >= 4 is 17.1 Å². The van der Waals surface area contributed by atoms with Crippen LogP contribution in [0.1, 0.15) is 34.6 Å². The summed E-state index contributed by atoms with van der Waals surface area (Å²) >= 11 is 0. The van der Waals surface area contributed by atoms with Crippen LogP contribution in [0.5, 0.6) is 5.75 Å². The molecule has 0 bridgehead atoms. The molecular formula is C25H31N3O3. The van der Waals surface area contributed by atoms with E-state index in [1.807, 2.05) is 19.3 Å². The van der Waals surface area contributed by atoms with Crippen molar-refractivity contribution in [2.75, 3.05) is 26.9 Å². The standard InChI is InChI=1S/C25H31N3O3/c1-17-11-18(2)25(22(12-17)21-8-10-30-15-21)31-16-24(29)28(4)26-14-19-5-6-20-7-9-27(3)23(20)13-19/h5-7,9,11-14,21,24,29H,8,10,15-16H2,1-4H3/b26-14+. The number of hydrogen-bond donors (Lipinski definition) is 1. The van der Waals surface area contributed by atoms with Gasteiger partial charge in [0.05, 0.1) is 12.8 Å². The van der Waals surface area contributed by atoms with E-state index in [1.165, 1.54) is 21.5 Å². The predicted molar refractivity (Wildman–Crippen MR) is 124 cm³/mol. The lowest BCUT2D eigenvalue weighted by Crippen LogP contribution is -2.33. The molecule has 1 aliphatic rings. The normalized spacial score (nSPS) is 17.5. The van der Waals surface area contributed by atoms with E-state index in [2.05, 4.69) is 53.8 Å². The van der Waals surface area contributed by atoms with Crippen LogP contribution in [0.2, 0.25) is 0 Å². The van der Waals surface area contributed by atoms with Gasteiger partial charge in [-0.1, -0.05) is 29.8 Å². The number of likely N-dealkylation sites (N-methyl/N-ethyl adjacent to an activating group) is 1. The Kier molecular flexibility index (Phi) is 6.30. The second kappa shape index (κ2) is 9.12. The van der Waals surface area contributed by atoms with E-state index in [-0.39, 0.29) is 6.61 Å². The first-order chi connectivity index (χ1) is 14.9. The Balaban J connectivity index is 1.42. The second-order valence-corrected chi connectivity index (χ2v) is 8.42. The number of hydrogen-bond acceptors (Lipinski definition) is 5. The number of ether oxygens (including phenoxy) is 2. The van der Waals surface area contributed by atoms with Crippen LogP contribution < -0.4 is 4.74 Å². The van der Waals surface area contributed by atoms with Crippen LogP contribution in [-0.4, -0.2) is 54.0 Å². The fourth-order valence-electron chi connectivity index (χ4n) is 4.13. The zero-order valence-corrected chi connectivity index (χ0v) is 18.7. The lowest BCUT2D eigenvalue weighted by Gasteiger charge is -2.23. The molecule has 164 valence electrons. The number of aryl methyl sites for hydroxylation is 3. The summed E-state index contributed by atoms with van der Waals surface area (Å²) in [5.41, 5.74) is 5.59. The molecule has 0 spiro atoms. The molecule has 1 saturated heterocycles. The number of aromatic nitrogens is 1. The van der Waals surface area contributed by atoms with Gasteiger partial charge in [-0.05, 0) is 48.9 Å². The first-order valence-corrected chi connectivity index (χ1v) is 10.7. The van der Waals surface area contributed by atoms with Crippen molar-refractivity contribution in [1.29, 1.82) is 0 Å². The number of fused-ring (bicyclic) bond motifs is 1. The summed E-state index contributed by atoms with van der Waals surface area (Å²) in [6.45, 7) is 5.79. The highest BCUT2D eigenvalue weighted by atomic mass is 16.5. The minimum Gasteiger partial charge on any atom is -0.488 e. The third-order valence-corrected chi connectivity index (χ3v) is 5.93. The Morgan fingerprint density at radius 2 is 2.13 bits per heavy atom. The second-order valence-electron chi connectivity index (χ2n) is 8.42. The van der Waals surface area contributed by atoms with Gasteiger partial charge in [0, 0.05) is 43.9 Å². The van der Waals surface area contributed by atoms with E-state index in [0.29, 0.717) is 5.92 Å². The van der Waals surface area contributed by atoms with Crippen LogP contribution in [0.15, 0.2) is 47.7 Å². The maximum Gasteiger partial charge on any atom is 0.176 e. The molecule has 2 unspecified atom stereocenters. The number of rotatable bonds is 7. The number of hydrazone groups is 1. The van der Waals surface area contributed by atoms with Gasteiger partial charge in [0.2, 0.25) is 0 Å². The van der Waals surface area contributed by atoms with Crippen molar-refractivity contribution in [2.45, 2.75) is 32.4 Å². The van der Waals surface area contributed by atoms with Crippen LogP contribution >= 0.6 is 0 Å². The quantitative estimate of drug-likeness (QED) is 0.356. The molecule has 0 saturated carbocycles. The maximum absolute atomic E-state index is 10.6. The van der Waals surface area contributed by atoms with Crippen molar-refractivity contribution < 1.29 is 14.6 Å². The van der Waals surface area contributed by atoms with E-state index in [9.17, 15) is 5.11 Å². The molecule has 1 N–H and O–H groups in total. The van der Waals surface area contributed by atoms with Crippen molar-refractivity contribution in [2.24, 2.45) is 12.1 Å². The molecule has 2 heterocycles. The molecule has 3 aromatic rings. The van der Waals surface area contributed by atoms with Crippen LogP contribution in [-0.2, 0) is 11.8 Å². The summed E-state index contributed by atoms with van der Waals surface area (Å²) < 4.78 is 13.8. The van der Waals surface area contributed by atoms with E-state index in [4.69, 9.17) is 9.47 Å². The molecule has 1 aromatic heterocycles. The topological polar surface area (TPSA) is 59.2 Å². The molecular weight excluding hydrogens is 390 g/mol. The highest BCUT2D eigenvalue weighted by Gasteiger charge is 2.23. The zero-order valence-electron chi connectivity index (χ0n) is 18.7. The Labute approximate surface area is 183 Å². The summed E-state index contributed by atoms with van der Waals surface area (Å²) in [6.07, 6.45) is 3.94. The van der Waals surface area contributed by atoms with Gasteiger partial charge in [0.25, 0.3) is 0 Å². The molecule has 6 nitrogen and oxygen atoms in total. The Morgan fingerprint density at radius 3 is 2.90 bits per heavy atom. The molecule has 2 atom stereocenters. The van der Waals surface area contributed by atoms with Crippen molar-refractivity contribution in [3.63, 3.8) is 0 Å². The van der Waals surface area contributed by atoms with Gasteiger partial charge >= 0.3 is 0 Å². The average Bonchev–Trinajstić information content (AvgIpc) is 3.41. The van der Waals surface area contributed by atoms with Crippen molar-refractivity contribution in [3.05, 3.63) is 64.8 Å². The molecule has 0 amide bonds. The first kappa shape index (κ1) is 21.4. The largest absolute Gasteiger partial charge is 0.488 e. The van der Waals surface area contributed by atoms with Crippen LogP contribution in [0, 0.1) is 13.8 Å². The number of benzene rings is 2. The lowest BCUT2D eigenvalue weighted by atomic mass is 9.93. The fraction of sp³-hybridized carbons (Fsp3) is 0.400. The highest BCUT2D eigenvalue weighted by molar-refractivity contribution is 5.89. The number of aliphatic hydroxyl groups excluding tert-OH is 1. The molecule has 2 aromatic carbocycles. The fourth-order valence-corrected chi connectivity index (χ4v) is 4.13. The van der Waals surface area contributed by atoms with Crippen molar-refractivity contribution in [1.82, 2.24) is 9.58 Å². The van der Waals surface area contributed by atoms with E-state index >= 15 is 0 Å².